The molecule has 0 bridgehead atoms. The maximum Gasteiger partial charge on any atom is 0.307 e. The number of rotatable bonds is 5. The molecule has 124 valence electrons. The average molecular weight is 327 g/mol. The average Bonchev–Trinajstić information content (AvgIpc) is 3.00. The first-order valence-electron chi connectivity index (χ1n) is 7.19. The first kappa shape index (κ1) is 17.1. The third-order valence-electron chi connectivity index (χ3n) is 3.51. The SMILES string of the molecule is C[C@H](OC(=O)C[C@H]1C=CCC1)C(=O)Nc1ccc(F)c(F)c1F. The lowest BCUT2D eigenvalue weighted by molar-refractivity contribution is -0.153. The fraction of sp³-hybridized carbons (Fsp3) is 0.375. The van der Waals surface area contributed by atoms with E-state index in [0.29, 0.717) is 6.07 Å². The second-order valence-electron chi connectivity index (χ2n) is 5.31. The normalized spacial score (nSPS) is 17.8. The van der Waals surface area contributed by atoms with Crippen LogP contribution in [0.5, 0.6) is 0 Å². The highest BCUT2D eigenvalue weighted by atomic mass is 19.2. The van der Waals surface area contributed by atoms with Crippen molar-refractivity contribution in [3.05, 3.63) is 41.7 Å². The van der Waals surface area contributed by atoms with Crippen LogP contribution in [0.15, 0.2) is 24.3 Å². The predicted octanol–water partition coefficient (Wildman–Crippen LogP) is 3.33. The van der Waals surface area contributed by atoms with Crippen molar-refractivity contribution in [3.8, 4) is 0 Å². The van der Waals surface area contributed by atoms with Gasteiger partial charge in [0.05, 0.1) is 12.1 Å². The van der Waals surface area contributed by atoms with E-state index in [1.54, 1.807) is 0 Å². The number of halogens is 3. The van der Waals surface area contributed by atoms with E-state index >= 15 is 0 Å². The van der Waals surface area contributed by atoms with Gasteiger partial charge in [-0.15, -0.1) is 0 Å². The molecule has 1 N–H and O–H groups in total. The van der Waals surface area contributed by atoms with E-state index in [1.807, 2.05) is 12.2 Å². The zero-order valence-electron chi connectivity index (χ0n) is 12.4. The molecule has 1 aromatic rings. The molecule has 0 unspecified atom stereocenters. The monoisotopic (exact) mass is 327 g/mol. The second-order valence-corrected chi connectivity index (χ2v) is 5.31. The van der Waals surface area contributed by atoms with E-state index in [1.165, 1.54) is 6.92 Å². The van der Waals surface area contributed by atoms with Crippen LogP contribution in [0.2, 0.25) is 0 Å². The number of benzene rings is 1. The summed E-state index contributed by atoms with van der Waals surface area (Å²) in [6, 6.07) is 1.58. The molecule has 2 rings (SSSR count). The van der Waals surface area contributed by atoms with Crippen LogP contribution < -0.4 is 5.32 Å². The number of hydrogen-bond donors (Lipinski definition) is 1. The zero-order chi connectivity index (χ0) is 17.0. The van der Waals surface area contributed by atoms with Crippen LogP contribution in [0.3, 0.4) is 0 Å². The van der Waals surface area contributed by atoms with Crippen LogP contribution in [-0.2, 0) is 14.3 Å². The van der Waals surface area contributed by atoms with E-state index < -0.39 is 41.1 Å². The molecule has 0 heterocycles. The summed E-state index contributed by atoms with van der Waals surface area (Å²) in [6.45, 7) is 1.31. The van der Waals surface area contributed by atoms with Crippen LogP contribution in [0.4, 0.5) is 18.9 Å². The van der Waals surface area contributed by atoms with Gasteiger partial charge in [0, 0.05) is 0 Å². The van der Waals surface area contributed by atoms with Gasteiger partial charge in [0.2, 0.25) is 0 Å². The van der Waals surface area contributed by atoms with Crippen molar-refractivity contribution < 1.29 is 27.5 Å². The van der Waals surface area contributed by atoms with Crippen LogP contribution in [0.25, 0.3) is 0 Å². The van der Waals surface area contributed by atoms with Crippen molar-refractivity contribution in [1.29, 1.82) is 0 Å². The quantitative estimate of drug-likeness (QED) is 0.513. The highest BCUT2D eigenvalue weighted by Crippen LogP contribution is 2.22. The van der Waals surface area contributed by atoms with Crippen LogP contribution in [0, 0.1) is 23.4 Å². The Morgan fingerprint density at radius 2 is 2.04 bits per heavy atom. The van der Waals surface area contributed by atoms with E-state index in [-0.39, 0.29) is 12.3 Å². The zero-order valence-corrected chi connectivity index (χ0v) is 12.4. The van der Waals surface area contributed by atoms with Crippen molar-refractivity contribution in [2.75, 3.05) is 5.32 Å². The Morgan fingerprint density at radius 1 is 1.30 bits per heavy atom. The fourth-order valence-electron chi connectivity index (χ4n) is 2.23. The van der Waals surface area contributed by atoms with Gasteiger partial charge in [-0.1, -0.05) is 12.2 Å². The molecule has 1 amide bonds. The van der Waals surface area contributed by atoms with Gasteiger partial charge in [-0.2, -0.15) is 0 Å². The molecular weight excluding hydrogens is 311 g/mol. The Balaban J connectivity index is 1.91. The summed E-state index contributed by atoms with van der Waals surface area (Å²) in [5.41, 5.74) is -0.518. The number of amides is 1. The van der Waals surface area contributed by atoms with Gasteiger partial charge >= 0.3 is 5.97 Å². The molecule has 7 heteroatoms. The number of allylic oxidation sites excluding steroid dienone is 2. The minimum atomic E-state index is -1.68. The summed E-state index contributed by atoms with van der Waals surface area (Å²) < 4.78 is 44.3. The highest BCUT2D eigenvalue weighted by Gasteiger charge is 2.23. The number of nitrogens with one attached hydrogen (secondary N) is 1. The number of hydrogen-bond acceptors (Lipinski definition) is 3. The maximum absolute atomic E-state index is 13.5. The van der Waals surface area contributed by atoms with Crippen LogP contribution in [0.1, 0.15) is 26.2 Å². The van der Waals surface area contributed by atoms with E-state index in [2.05, 4.69) is 5.32 Å². The molecule has 0 spiro atoms. The van der Waals surface area contributed by atoms with Gasteiger partial charge in [-0.25, -0.2) is 13.2 Å². The molecule has 2 atom stereocenters. The summed E-state index contributed by atoms with van der Waals surface area (Å²) in [5, 5.41) is 2.07. The number of carbonyl (C=O) groups is 2. The standard InChI is InChI=1S/C16H16F3NO3/c1-9(23-13(21)8-10-4-2-3-5-10)16(22)20-12-7-6-11(17)14(18)15(12)19/h2,4,6-7,9-10H,3,5,8H2,1H3,(H,20,22)/t9-,10-/m0/s1. The van der Waals surface area contributed by atoms with Crippen LogP contribution in [-0.4, -0.2) is 18.0 Å². The van der Waals surface area contributed by atoms with Crippen molar-refractivity contribution in [2.45, 2.75) is 32.3 Å². The van der Waals surface area contributed by atoms with Gasteiger partial charge in [0.1, 0.15) is 0 Å². The molecule has 0 aromatic heterocycles. The third kappa shape index (κ3) is 4.34. The minimum absolute atomic E-state index is 0.0985. The van der Waals surface area contributed by atoms with Crippen molar-refractivity contribution in [2.24, 2.45) is 5.92 Å². The largest absolute Gasteiger partial charge is 0.453 e. The smallest absolute Gasteiger partial charge is 0.307 e. The van der Waals surface area contributed by atoms with E-state index in [9.17, 15) is 22.8 Å². The molecule has 0 fully saturated rings. The van der Waals surface area contributed by atoms with Gasteiger partial charge in [0.25, 0.3) is 5.91 Å². The molecular formula is C16H16F3NO3. The molecule has 1 aliphatic carbocycles. The number of anilines is 1. The number of ether oxygens (including phenoxy) is 1. The van der Waals surface area contributed by atoms with Crippen molar-refractivity contribution in [3.63, 3.8) is 0 Å². The first-order valence-corrected chi connectivity index (χ1v) is 7.19. The molecule has 23 heavy (non-hydrogen) atoms. The topological polar surface area (TPSA) is 55.4 Å². The Labute approximate surface area is 131 Å². The molecule has 1 aliphatic rings. The van der Waals surface area contributed by atoms with Gasteiger partial charge in [-0.05, 0) is 37.8 Å². The van der Waals surface area contributed by atoms with Gasteiger partial charge in [-0.3, -0.25) is 9.59 Å². The maximum atomic E-state index is 13.5. The summed E-state index contributed by atoms with van der Waals surface area (Å²) >= 11 is 0. The summed E-state index contributed by atoms with van der Waals surface area (Å²) in [7, 11) is 0. The summed E-state index contributed by atoms with van der Waals surface area (Å²) in [6.07, 6.45) is 4.63. The Hall–Kier alpha value is -2.31. The minimum Gasteiger partial charge on any atom is -0.453 e. The Kier molecular flexibility index (Phi) is 5.41. The van der Waals surface area contributed by atoms with Gasteiger partial charge in [0.15, 0.2) is 23.6 Å². The molecule has 0 saturated heterocycles. The Morgan fingerprint density at radius 3 is 2.70 bits per heavy atom. The summed E-state index contributed by atoms with van der Waals surface area (Å²) in [5.74, 6) is -5.82. The van der Waals surface area contributed by atoms with E-state index in [0.717, 1.165) is 18.9 Å². The summed E-state index contributed by atoms with van der Waals surface area (Å²) in [4.78, 5) is 23.6. The first-order chi connectivity index (χ1) is 10.9. The van der Waals surface area contributed by atoms with Crippen molar-refractivity contribution >= 4 is 17.6 Å². The highest BCUT2D eigenvalue weighted by molar-refractivity contribution is 5.95. The molecule has 1 aromatic carbocycles. The Bertz CT molecular complexity index is 646. The molecule has 0 radical (unpaired) electrons. The lowest BCUT2D eigenvalue weighted by Crippen LogP contribution is -2.30. The lowest BCUT2D eigenvalue weighted by Gasteiger charge is -2.15. The van der Waals surface area contributed by atoms with Crippen molar-refractivity contribution in [1.82, 2.24) is 0 Å². The second kappa shape index (κ2) is 7.30. The fourth-order valence-corrected chi connectivity index (χ4v) is 2.23. The van der Waals surface area contributed by atoms with Crippen LogP contribution >= 0.6 is 0 Å². The number of carbonyl (C=O) groups excluding carboxylic acids is 2. The molecule has 0 aliphatic heterocycles. The molecule has 0 saturated carbocycles. The number of esters is 1. The van der Waals surface area contributed by atoms with E-state index in [4.69, 9.17) is 4.74 Å². The third-order valence-corrected chi connectivity index (χ3v) is 3.51. The van der Waals surface area contributed by atoms with Gasteiger partial charge < -0.3 is 10.1 Å². The molecule has 4 nitrogen and oxygen atoms in total. The predicted molar refractivity (Wildman–Crippen MR) is 77.0 cm³/mol. The lowest BCUT2D eigenvalue weighted by atomic mass is 10.1.